The molecule has 0 bridgehead atoms. The van der Waals surface area contributed by atoms with Crippen LogP contribution in [0.2, 0.25) is 10.0 Å². The van der Waals surface area contributed by atoms with E-state index in [0.717, 1.165) is 12.1 Å². The van der Waals surface area contributed by atoms with E-state index >= 15 is 0 Å². The fraction of sp³-hybridized carbons (Fsp3) is 0.0714. The average Bonchev–Trinajstić information content (AvgIpc) is 2.47. The van der Waals surface area contributed by atoms with Crippen LogP contribution in [0.25, 0.3) is 0 Å². The van der Waals surface area contributed by atoms with Crippen molar-refractivity contribution in [2.75, 3.05) is 0 Å². The van der Waals surface area contributed by atoms with E-state index in [2.05, 4.69) is 4.18 Å². The van der Waals surface area contributed by atoms with Crippen LogP contribution < -0.4 is 4.18 Å². The summed E-state index contributed by atoms with van der Waals surface area (Å²) in [5.74, 6) is -4.06. The molecule has 0 aromatic heterocycles. The third-order valence-corrected chi connectivity index (χ3v) is 4.59. The highest BCUT2D eigenvalue weighted by Gasteiger charge is 2.22. The van der Waals surface area contributed by atoms with Crippen LogP contribution in [0.3, 0.4) is 0 Å². The normalized spacial score (nSPS) is 11.3. The third-order valence-electron chi connectivity index (χ3n) is 2.81. The molecule has 0 atom stereocenters. The van der Waals surface area contributed by atoms with E-state index in [1.807, 2.05) is 0 Å². The molecule has 122 valence electrons. The van der Waals surface area contributed by atoms with Crippen molar-refractivity contribution >= 4 is 39.6 Å². The number of rotatable bonds is 5. The third kappa shape index (κ3) is 3.99. The van der Waals surface area contributed by atoms with Crippen molar-refractivity contribution in [3.63, 3.8) is 0 Å². The second-order valence-corrected chi connectivity index (χ2v) is 6.76. The lowest BCUT2D eigenvalue weighted by atomic mass is 10.2. The zero-order chi connectivity index (χ0) is 17.2. The van der Waals surface area contributed by atoms with Crippen molar-refractivity contribution in [1.29, 1.82) is 0 Å². The summed E-state index contributed by atoms with van der Waals surface area (Å²) in [6.45, 7) is 0. The first-order valence-corrected chi connectivity index (χ1v) is 8.36. The summed E-state index contributed by atoms with van der Waals surface area (Å²) in [5, 5.41) is 0.190. The summed E-state index contributed by atoms with van der Waals surface area (Å²) in [4.78, 5) is 10.6. The molecule has 4 nitrogen and oxygen atoms in total. The maximum absolute atomic E-state index is 13.8. The van der Waals surface area contributed by atoms with Crippen LogP contribution in [0.15, 0.2) is 30.3 Å². The minimum absolute atomic E-state index is 0.0743. The summed E-state index contributed by atoms with van der Waals surface area (Å²) in [6, 6.07) is 5.88. The van der Waals surface area contributed by atoms with Gasteiger partial charge in [0.15, 0.2) is 17.9 Å². The Morgan fingerprint density at radius 1 is 1.09 bits per heavy atom. The van der Waals surface area contributed by atoms with Crippen molar-refractivity contribution in [2.45, 2.75) is 5.75 Å². The molecule has 0 unspecified atom stereocenters. The number of hydrogen-bond acceptors (Lipinski definition) is 4. The Kier molecular flexibility index (Phi) is 5.23. The van der Waals surface area contributed by atoms with Crippen molar-refractivity contribution < 1.29 is 26.2 Å². The Morgan fingerprint density at radius 3 is 2.26 bits per heavy atom. The van der Waals surface area contributed by atoms with E-state index in [1.165, 1.54) is 18.2 Å². The Bertz CT molecular complexity index is 849. The average molecular weight is 381 g/mol. The number of hydrogen-bond donors (Lipinski definition) is 0. The van der Waals surface area contributed by atoms with Crippen LogP contribution in [-0.4, -0.2) is 14.7 Å². The first-order chi connectivity index (χ1) is 10.7. The predicted octanol–water partition coefficient (Wildman–Crippen LogP) is 3.99. The summed E-state index contributed by atoms with van der Waals surface area (Å²) in [6.07, 6.45) is -0.0743. The minimum Gasteiger partial charge on any atom is -0.379 e. The smallest absolute Gasteiger partial charge is 0.313 e. The molecule has 0 N–H and O–H groups in total. The number of halogens is 4. The number of carbonyl (C=O) groups is 1. The van der Waals surface area contributed by atoms with Gasteiger partial charge in [-0.2, -0.15) is 8.42 Å². The van der Waals surface area contributed by atoms with Gasteiger partial charge in [0.1, 0.15) is 11.6 Å². The molecule has 0 saturated carbocycles. The first kappa shape index (κ1) is 17.7. The molecule has 0 spiro atoms. The molecule has 0 heterocycles. The zero-order valence-electron chi connectivity index (χ0n) is 11.2. The van der Waals surface area contributed by atoms with Crippen LogP contribution in [-0.2, 0) is 15.9 Å². The SMILES string of the molecule is O=Cc1c(F)ccc(OS(=O)(=O)Cc2c(Cl)cccc2Cl)c1F. The van der Waals surface area contributed by atoms with Gasteiger partial charge in [0.25, 0.3) is 0 Å². The molecule has 2 aromatic rings. The van der Waals surface area contributed by atoms with Crippen molar-refractivity contribution in [2.24, 2.45) is 0 Å². The van der Waals surface area contributed by atoms with E-state index in [4.69, 9.17) is 23.2 Å². The van der Waals surface area contributed by atoms with E-state index in [0.29, 0.717) is 0 Å². The molecule has 2 rings (SSSR count). The van der Waals surface area contributed by atoms with E-state index in [-0.39, 0.29) is 21.9 Å². The number of aldehydes is 1. The molecule has 23 heavy (non-hydrogen) atoms. The van der Waals surface area contributed by atoms with Crippen molar-refractivity contribution in [3.8, 4) is 5.75 Å². The van der Waals surface area contributed by atoms with Gasteiger partial charge in [-0.1, -0.05) is 29.3 Å². The predicted molar refractivity (Wildman–Crippen MR) is 81.5 cm³/mol. The largest absolute Gasteiger partial charge is 0.379 e. The molecule has 9 heteroatoms. The monoisotopic (exact) mass is 380 g/mol. The first-order valence-electron chi connectivity index (χ1n) is 6.03. The van der Waals surface area contributed by atoms with Gasteiger partial charge in [0.05, 0.1) is 5.56 Å². The van der Waals surface area contributed by atoms with Crippen LogP contribution in [0.4, 0.5) is 8.78 Å². The topological polar surface area (TPSA) is 60.4 Å². The highest BCUT2D eigenvalue weighted by molar-refractivity contribution is 7.86. The Hall–Kier alpha value is -1.70. The molecule has 0 saturated heterocycles. The highest BCUT2D eigenvalue weighted by Crippen LogP contribution is 2.29. The van der Waals surface area contributed by atoms with Gasteiger partial charge in [-0.05, 0) is 24.3 Å². The fourth-order valence-electron chi connectivity index (χ4n) is 1.74. The molecular formula is C14H8Cl2F2O4S. The summed E-state index contributed by atoms with van der Waals surface area (Å²) >= 11 is 11.7. The van der Waals surface area contributed by atoms with Gasteiger partial charge in [-0.15, -0.1) is 0 Å². The van der Waals surface area contributed by atoms with Crippen LogP contribution in [0.5, 0.6) is 5.75 Å². The molecule has 0 radical (unpaired) electrons. The molecule has 2 aromatic carbocycles. The highest BCUT2D eigenvalue weighted by atomic mass is 35.5. The van der Waals surface area contributed by atoms with Gasteiger partial charge in [0.2, 0.25) is 0 Å². The molecule has 0 aliphatic rings. The van der Waals surface area contributed by atoms with Crippen molar-refractivity contribution in [3.05, 3.63) is 63.1 Å². The minimum atomic E-state index is -4.34. The Morgan fingerprint density at radius 2 is 1.70 bits per heavy atom. The lowest BCUT2D eigenvalue weighted by Gasteiger charge is -2.11. The van der Waals surface area contributed by atoms with Crippen LogP contribution in [0.1, 0.15) is 15.9 Å². The molecule has 0 fully saturated rings. The molecule has 0 aliphatic heterocycles. The molecule has 0 aliphatic carbocycles. The van der Waals surface area contributed by atoms with E-state index < -0.39 is 38.8 Å². The zero-order valence-corrected chi connectivity index (χ0v) is 13.6. The quantitative estimate of drug-likeness (QED) is 0.581. The Labute approximate surface area is 140 Å². The van der Waals surface area contributed by atoms with Gasteiger partial charge in [-0.3, -0.25) is 4.79 Å². The van der Waals surface area contributed by atoms with Crippen LogP contribution in [0, 0.1) is 11.6 Å². The second kappa shape index (κ2) is 6.82. The van der Waals surface area contributed by atoms with Gasteiger partial charge >= 0.3 is 10.1 Å². The summed E-state index contributed by atoms with van der Waals surface area (Å²) < 4.78 is 55.7. The number of carbonyl (C=O) groups excluding carboxylic acids is 1. The maximum Gasteiger partial charge on any atom is 0.313 e. The van der Waals surface area contributed by atoms with Gasteiger partial charge in [0, 0.05) is 15.6 Å². The van der Waals surface area contributed by atoms with Gasteiger partial charge in [-0.25, -0.2) is 8.78 Å². The summed E-state index contributed by atoms with van der Waals surface area (Å²) in [7, 11) is -4.34. The summed E-state index contributed by atoms with van der Waals surface area (Å²) in [5.41, 5.74) is -0.845. The van der Waals surface area contributed by atoms with Crippen LogP contribution >= 0.6 is 23.2 Å². The lowest BCUT2D eigenvalue weighted by Crippen LogP contribution is -2.14. The number of benzene rings is 2. The standard InChI is InChI=1S/C14H8Cl2F2O4S/c15-10-2-1-3-11(16)9(10)7-23(20,21)22-13-5-4-12(17)8(6-19)14(13)18/h1-6H,7H2. The van der Waals surface area contributed by atoms with Gasteiger partial charge < -0.3 is 4.18 Å². The second-order valence-electron chi connectivity index (χ2n) is 4.38. The van der Waals surface area contributed by atoms with E-state index in [1.54, 1.807) is 0 Å². The van der Waals surface area contributed by atoms with E-state index in [9.17, 15) is 22.0 Å². The fourth-order valence-corrected chi connectivity index (χ4v) is 3.55. The lowest BCUT2D eigenvalue weighted by molar-refractivity contribution is 0.111. The molecular weight excluding hydrogens is 373 g/mol. The van der Waals surface area contributed by atoms with Crippen molar-refractivity contribution in [1.82, 2.24) is 0 Å². The Balaban J connectivity index is 2.34. The maximum atomic E-state index is 13.8. The molecule has 0 amide bonds.